The minimum absolute atomic E-state index is 0.244. The van der Waals surface area contributed by atoms with Crippen LogP contribution in [0.3, 0.4) is 0 Å². The second-order valence-corrected chi connectivity index (χ2v) is 5.23. The molecule has 22 heavy (non-hydrogen) atoms. The molecule has 0 amide bonds. The highest BCUT2D eigenvalue weighted by molar-refractivity contribution is 5.44. The summed E-state index contributed by atoms with van der Waals surface area (Å²) < 4.78 is 15.9. The third-order valence-corrected chi connectivity index (χ3v) is 3.27. The molecular weight excluding hydrogens is 276 g/mol. The number of aryl methyl sites for hydroxylation is 1. The zero-order valence-corrected chi connectivity index (χ0v) is 12.5. The molecule has 1 saturated heterocycles. The van der Waals surface area contributed by atoms with Crippen molar-refractivity contribution in [1.82, 2.24) is 0 Å². The highest BCUT2D eigenvalue weighted by atomic mass is 16.7. The highest BCUT2D eigenvalue weighted by Gasteiger charge is 2.22. The van der Waals surface area contributed by atoms with Crippen molar-refractivity contribution in [2.24, 2.45) is 0 Å². The maximum atomic E-state index is 5.49. The maximum absolute atomic E-state index is 5.49. The summed E-state index contributed by atoms with van der Waals surface area (Å²) in [4.78, 5) is 0. The molecule has 0 aromatic heterocycles. The van der Waals surface area contributed by atoms with Crippen LogP contribution in [0.1, 0.15) is 16.7 Å². The molecule has 2 aromatic carbocycles. The van der Waals surface area contributed by atoms with Crippen LogP contribution in [-0.2, 0) is 9.47 Å². The Morgan fingerprint density at radius 1 is 1.00 bits per heavy atom. The van der Waals surface area contributed by atoms with Gasteiger partial charge in [-0.25, -0.2) is 0 Å². The monoisotopic (exact) mass is 294 g/mol. The third kappa shape index (κ3) is 4.63. The molecule has 0 spiro atoms. The summed E-state index contributed by atoms with van der Waals surface area (Å²) in [6, 6.07) is 15.9. The van der Waals surface area contributed by atoms with E-state index in [9.17, 15) is 0 Å². The van der Waals surface area contributed by atoms with Crippen molar-refractivity contribution >= 4 is 0 Å². The number of epoxide rings is 1. The van der Waals surface area contributed by atoms with Gasteiger partial charge >= 0.3 is 0 Å². The van der Waals surface area contributed by atoms with Crippen molar-refractivity contribution in [1.29, 1.82) is 0 Å². The summed E-state index contributed by atoms with van der Waals surface area (Å²) in [7, 11) is 0. The van der Waals surface area contributed by atoms with Crippen molar-refractivity contribution < 1.29 is 14.2 Å². The molecule has 1 aliphatic heterocycles. The van der Waals surface area contributed by atoms with Crippen LogP contribution in [0.25, 0.3) is 0 Å². The summed E-state index contributed by atoms with van der Waals surface area (Å²) in [6.45, 7) is 3.71. The van der Waals surface area contributed by atoms with Crippen LogP contribution in [0.15, 0.2) is 48.5 Å². The molecule has 1 aliphatic rings. The van der Waals surface area contributed by atoms with Gasteiger partial charge in [-0.2, -0.15) is 0 Å². The predicted molar refractivity (Wildman–Crippen MR) is 84.8 cm³/mol. The molecule has 0 bridgehead atoms. The minimum atomic E-state index is 0.244. The van der Waals surface area contributed by atoms with Crippen molar-refractivity contribution in [3.63, 3.8) is 0 Å². The molecular formula is C19H18O3. The molecule has 1 fully saturated rings. The Balaban J connectivity index is 1.51. The Labute approximate surface area is 130 Å². The Morgan fingerprint density at radius 3 is 2.18 bits per heavy atom. The number of hydrogen-bond donors (Lipinski definition) is 0. The summed E-state index contributed by atoms with van der Waals surface area (Å²) in [6.07, 6.45) is 0.267. The Morgan fingerprint density at radius 2 is 1.59 bits per heavy atom. The average molecular weight is 294 g/mol. The first-order chi connectivity index (χ1) is 10.8. The van der Waals surface area contributed by atoms with Crippen LogP contribution in [0.4, 0.5) is 0 Å². The van der Waals surface area contributed by atoms with E-state index in [1.165, 1.54) is 5.56 Å². The fourth-order valence-corrected chi connectivity index (χ4v) is 1.87. The number of ether oxygens (including phenoxy) is 3. The molecule has 1 atom stereocenters. The van der Waals surface area contributed by atoms with E-state index in [0.717, 1.165) is 23.5 Å². The first-order valence-electron chi connectivity index (χ1n) is 7.30. The van der Waals surface area contributed by atoms with E-state index in [4.69, 9.17) is 14.2 Å². The Hall–Kier alpha value is -2.28. The van der Waals surface area contributed by atoms with Gasteiger partial charge in [0.1, 0.15) is 11.9 Å². The molecule has 3 nitrogen and oxygen atoms in total. The zero-order valence-electron chi connectivity index (χ0n) is 12.5. The topological polar surface area (TPSA) is 31.0 Å². The van der Waals surface area contributed by atoms with Gasteiger partial charge in [-0.15, -0.1) is 0 Å². The van der Waals surface area contributed by atoms with E-state index in [1.54, 1.807) is 0 Å². The lowest BCUT2D eigenvalue weighted by Gasteiger charge is -2.05. The molecule has 0 aliphatic carbocycles. The SMILES string of the molecule is Cc1ccc(C#Cc2ccc(OCOCC3CO3)cc2)cc1. The van der Waals surface area contributed by atoms with Crippen molar-refractivity contribution in [3.8, 4) is 17.6 Å². The molecule has 3 rings (SSSR count). The lowest BCUT2D eigenvalue weighted by Crippen LogP contribution is -2.07. The van der Waals surface area contributed by atoms with E-state index >= 15 is 0 Å². The predicted octanol–water partition coefficient (Wildman–Crippen LogP) is 3.15. The van der Waals surface area contributed by atoms with E-state index in [-0.39, 0.29) is 12.9 Å². The standard InChI is InChI=1S/C19H18O3/c1-15-2-4-16(5-3-15)6-7-17-8-10-18(11-9-17)22-14-20-12-19-13-21-19/h2-5,8-11,19H,12-14H2,1H3. The second kappa shape index (κ2) is 7.13. The van der Waals surface area contributed by atoms with Gasteiger partial charge in [0, 0.05) is 11.1 Å². The van der Waals surface area contributed by atoms with Crippen LogP contribution in [0.5, 0.6) is 5.75 Å². The zero-order chi connectivity index (χ0) is 15.2. The fourth-order valence-electron chi connectivity index (χ4n) is 1.87. The highest BCUT2D eigenvalue weighted by Crippen LogP contribution is 2.13. The quantitative estimate of drug-likeness (QED) is 0.367. The molecule has 3 heteroatoms. The van der Waals surface area contributed by atoms with Crippen LogP contribution in [0.2, 0.25) is 0 Å². The molecule has 2 aromatic rings. The molecule has 112 valence electrons. The Kier molecular flexibility index (Phi) is 4.75. The van der Waals surface area contributed by atoms with Crippen LogP contribution in [0, 0.1) is 18.8 Å². The molecule has 0 N–H and O–H groups in total. The smallest absolute Gasteiger partial charge is 0.189 e. The van der Waals surface area contributed by atoms with E-state index in [2.05, 4.69) is 30.9 Å². The van der Waals surface area contributed by atoms with Gasteiger partial charge < -0.3 is 14.2 Å². The lowest BCUT2D eigenvalue weighted by molar-refractivity contribution is 0.00821. The molecule has 0 radical (unpaired) electrons. The van der Waals surface area contributed by atoms with Gasteiger partial charge in [-0.05, 0) is 43.3 Å². The minimum Gasteiger partial charge on any atom is -0.468 e. The van der Waals surface area contributed by atoms with Crippen molar-refractivity contribution in [2.45, 2.75) is 13.0 Å². The first kappa shape index (κ1) is 14.6. The number of hydrogen-bond acceptors (Lipinski definition) is 3. The number of rotatable bonds is 5. The number of benzene rings is 2. The second-order valence-electron chi connectivity index (χ2n) is 5.23. The van der Waals surface area contributed by atoms with Gasteiger partial charge in [0.15, 0.2) is 6.79 Å². The van der Waals surface area contributed by atoms with E-state index in [0.29, 0.717) is 6.61 Å². The third-order valence-electron chi connectivity index (χ3n) is 3.27. The first-order valence-corrected chi connectivity index (χ1v) is 7.30. The van der Waals surface area contributed by atoms with Crippen molar-refractivity contribution in [2.75, 3.05) is 20.0 Å². The molecule has 1 heterocycles. The molecule has 0 saturated carbocycles. The van der Waals surface area contributed by atoms with Gasteiger partial charge in [-0.1, -0.05) is 29.5 Å². The summed E-state index contributed by atoms with van der Waals surface area (Å²) in [5, 5.41) is 0. The summed E-state index contributed by atoms with van der Waals surface area (Å²) in [5.41, 5.74) is 3.21. The fraction of sp³-hybridized carbons (Fsp3) is 0.263. The average Bonchev–Trinajstić information content (AvgIpc) is 3.36. The Bertz CT molecular complexity index is 659. The van der Waals surface area contributed by atoms with Gasteiger partial charge in [-0.3, -0.25) is 0 Å². The van der Waals surface area contributed by atoms with Gasteiger partial charge in [0.25, 0.3) is 0 Å². The van der Waals surface area contributed by atoms with Crippen LogP contribution >= 0.6 is 0 Å². The van der Waals surface area contributed by atoms with Gasteiger partial charge in [0.2, 0.25) is 0 Å². The van der Waals surface area contributed by atoms with Crippen molar-refractivity contribution in [3.05, 3.63) is 65.2 Å². The maximum Gasteiger partial charge on any atom is 0.189 e. The van der Waals surface area contributed by atoms with Crippen LogP contribution < -0.4 is 4.74 Å². The normalized spacial score (nSPS) is 15.8. The molecule has 1 unspecified atom stereocenters. The summed E-state index contributed by atoms with van der Waals surface area (Å²) in [5.74, 6) is 7.07. The lowest BCUT2D eigenvalue weighted by atomic mass is 10.1. The summed E-state index contributed by atoms with van der Waals surface area (Å²) >= 11 is 0. The largest absolute Gasteiger partial charge is 0.468 e. The van der Waals surface area contributed by atoms with E-state index in [1.807, 2.05) is 36.4 Å². The van der Waals surface area contributed by atoms with Crippen LogP contribution in [-0.4, -0.2) is 26.1 Å². The van der Waals surface area contributed by atoms with E-state index < -0.39 is 0 Å². The van der Waals surface area contributed by atoms with Gasteiger partial charge in [0.05, 0.1) is 13.2 Å².